The van der Waals surface area contributed by atoms with Gasteiger partial charge in [-0.2, -0.15) is 0 Å². The Hall–Kier alpha value is -0.390. The number of benzene rings is 2. The fraction of sp³-hybridized carbons (Fsp3) is 0.250. The first kappa shape index (κ1) is 14.5. The van der Waals surface area contributed by atoms with Gasteiger partial charge in [-0.25, -0.2) is 0 Å². The molecule has 0 amide bonds. The molecule has 0 unspecified atom stereocenters. The van der Waals surface area contributed by atoms with Crippen molar-refractivity contribution in [1.29, 1.82) is 0 Å². The van der Waals surface area contributed by atoms with Crippen molar-refractivity contribution in [3.63, 3.8) is 0 Å². The molecule has 0 fully saturated rings. The van der Waals surface area contributed by atoms with Crippen LogP contribution < -0.4 is 12.1 Å². The molecule has 0 aliphatic carbocycles. The summed E-state index contributed by atoms with van der Waals surface area (Å²) < 4.78 is 2.33. The number of fused-ring (bicyclic) bond motifs is 2. The van der Waals surface area contributed by atoms with E-state index in [1.807, 2.05) is 0 Å². The van der Waals surface area contributed by atoms with E-state index in [1.54, 1.807) is 0 Å². The van der Waals surface area contributed by atoms with Crippen molar-refractivity contribution < 1.29 is 0 Å². The first-order valence-electron chi connectivity index (χ1n) is 6.66. The van der Waals surface area contributed by atoms with E-state index in [4.69, 9.17) is 17.9 Å². The second-order valence-corrected chi connectivity index (χ2v) is 17.6. The molecular formula is C16H17Cl2NTe. The Morgan fingerprint density at radius 2 is 1.35 bits per heavy atom. The van der Waals surface area contributed by atoms with Gasteiger partial charge in [-0.1, -0.05) is 0 Å². The van der Waals surface area contributed by atoms with E-state index < -0.39 is 15.9 Å². The predicted molar refractivity (Wildman–Crippen MR) is 91.8 cm³/mol. The van der Waals surface area contributed by atoms with Crippen molar-refractivity contribution >= 4 is 52.5 Å². The summed E-state index contributed by atoms with van der Waals surface area (Å²) in [7, 11) is 13.9. The van der Waals surface area contributed by atoms with Crippen LogP contribution in [0.25, 0.3) is 0 Å². The van der Waals surface area contributed by atoms with Gasteiger partial charge in [0.15, 0.2) is 0 Å². The number of anilines is 2. The maximum absolute atomic E-state index is 6.93. The van der Waals surface area contributed by atoms with Gasteiger partial charge in [0.2, 0.25) is 0 Å². The van der Waals surface area contributed by atoms with Gasteiger partial charge in [0.05, 0.1) is 0 Å². The number of nitrogens with zero attached hydrogens (tertiary/aromatic N) is 1. The molecule has 3 rings (SSSR count). The van der Waals surface area contributed by atoms with Crippen LogP contribution in [0.3, 0.4) is 0 Å². The SMILES string of the molecule is CCN1c2ccc(C)cc2[Te](Cl)(Cl)c2cc(C)ccc21. The van der Waals surface area contributed by atoms with E-state index >= 15 is 0 Å². The van der Waals surface area contributed by atoms with Crippen LogP contribution in [0.1, 0.15) is 18.1 Å². The fourth-order valence-electron chi connectivity index (χ4n) is 2.69. The van der Waals surface area contributed by atoms with Crippen molar-refractivity contribution in [3.8, 4) is 0 Å². The van der Waals surface area contributed by atoms with Gasteiger partial charge in [-0.05, 0) is 0 Å². The Bertz CT molecular complexity index is 627. The number of aryl methyl sites for hydroxylation is 2. The molecule has 1 nitrogen and oxygen atoms in total. The number of hydrogen-bond acceptors (Lipinski definition) is 1. The van der Waals surface area contributed by atoms with Gasteiger partial charge >= 0.3 is 132 Å². The summed E-state index contributed by atoms with van der Waals surface area (Å²) in [5, 5.41) is 0. The molecule has 0 saturated carbocycles. The Balaban J connectivity index is 2.33. The molecular weight excluding hydrogens is 405 g/mol. The molecule has 0 aromatic heterocycles. The van der Waals surface area contributed by atoms with Crippen molar-refractivity contribution in [2.45, 2.75) is 20.8 Å². The molecule has 0 radical (unpaired) electrons. The number of halogens is 2. The quantitative estimate of drug-likeness (QED) is 0.633. The molecule has 0 spiro atoms. The van der Waals surface area contributed by atoms with Crippen LogP contribution >= 0.6 is 17.9 Å². The molecule has 1 heterocycles. The van der Waals surface area contributed by atoms with Gasteiger partial charge < -0.3 is 0 Å². The summed E-state index contributed by atoms with van der Waals surface area (Å²) in [5.41, 5.74) is 4.79. The molecule has 2 aromatic rings. The van der Waals surface area contributed by atoms with Gasteiger partial charge in [0.1, 0.15) is 0 Å². The van der Waals surface area contributed by atoms with Crippen LogP contribution in [0, 0.1) is 13.8 Å². The van der Waals surface area contributed by atoms with E-state index in [1.165, 1.54) is 22.5 Å². The zero-order chi connectivity index (χ0) is 14.5. The van der Waals surface area contributed by atoms with Crippen LogP contribution in [-0.2, 0) is 0 Å². The third kappa shape index (κ3) is 2.14. The average molecular weight is 422 g/mol. The van der Waals surface area contributed by atoms with Crippen molar-refractivity contribution in [2.75, 3.05) is 11.4 Å². The van der Waals surface area contributed by atoms with Crippen molar-refractivity contribution in [3.05, 3.63) is 47.5 Å². The van der Waals surface area contributed by atoms with E-state index in [2.05, 4.69) is 62.1 Å². The molecule has 20 heavy (non-hydrogen) atoms. The van der Waals surface area contributed by atoms with Gasteiger partial charge in [-0.3, -0.25) is 0 Å². The van der Waals surface area contributed by atoms with Gasteiger partial charge in [-0.15, -0.1) is 0 Å². The summed E-state index contributed by atoms with van der Waals surface area (Å²) in [6.07, 6.45) is 0. The van der Waals surface area contributed by atoms with E-state index in [-0.39, 0.29) is 0 Å². The molecule has 1 aliphatic rings. The Labute approximate surface area is 131 Å². The number of rotatable bonds is 1. The van der Waals surface area contributed by atoms with Crippen LogP contribution in [0.2, 0.25) is 0 Å². The van der Waals surface area contributed by atoms with E-state index in [0.29, 0.717) is 0 Å². The molecule has 0 N–H and O–H groups in total. The van der Waals surface area contributed by atoms with E-state index in [9.17, 15) is 0 Å². The Morgan fingerprint density at radius 3 is 1.75 bits per heavy atom. The second-order valence-electron chi connectivity index (χ2n) is 5.16. The normalized spacial score (nSPS) is 17.4. The minimum atomic E-state index is -3.26. The monoisotopic (exact) mass is 423 g/mol. The second kappa shape index (κ2) is 5.11. The number of hydrogen-bond donors (Lipinski definition) is 0. The first-order chi connectivity index (χ1) is 9.45. The van der Waals surface area contributed by atoms with Crippen LogP contribution in [0.15, 0.2) is 36.4 Å². The zero-order valence-corrected chi connectivity index (χ0v) is 15.6. The molecule has 0 atom stereocenters. The first-order valence-corrected chi connectivity index (χ1v) is 14.9. The Morgan fingerprint density at radius 1 is 0.900 bits per heavy atom. The molecule has 1 aliphatic heterocycles. The summed E-state index contributed by atoms with van der Waals surface area (Å²) in [6.45, 7) is 7.26. The third-order valence-electron chi connectivity index (χ3n) is 3.68. The zero-order valence-electron chi connectivity index (χ0n) is 11.8. The van der Waals surface area contributed by atoms with E-state index in [0.717, 1.165) is 13.8 Å². The molecule has 4 heteroatoms. The molecule has 2 aromatic carbocycles. The van der Waals surface area contributed by atoms with Crippen LogP contribution in [-0.4, -0.2) is 22.5 Å². The van der Waals surface area contributed by atoms with Gasteiger partial charge in [0.25, 0.3) is 0 Å². The van der Waals surface area contributed by atoms with Crippen LogP contribution in [0.5, 0.6) is 0 Å². The third-order valence-corrected chi connectivity index (χ3v) is 13.2. The molecule has 0 saturated heterocycles. The molecule has 0 bridgehead atoms. The minimum absolute atomic E-state index is 0.915. The van der Waals surface area contributed by atoms with Crippen molar-refractivity contribution in [2.24, 2.45) is 0 Å². The summed E-state index contributed by atoms with van der Waals surface area (Å²) in [4.78, 5) is 2.32. The summed E-state index contributed by atoms with van der Waals surface area (Å²) in [5.74, 6) is 0. The summed E-state index contributed by atoms with van der Waals surface area (Å²) >= 11 is -3.26. The standard InChI is InChI=1S/C16H17Cl2NTe/c1-4-19-13-7-5-11(2)9-15(13)20(17,18)16-10-12(3)6-8-14(16)19/h5-10H,4H2,1-3H3. The topological polar surface area (TPSA) is 3.24 Å². The summed E-state index contributed by atoms with van der Waals surface area (Å²) in [6, 6.07) is 12.9. The predicted octanol–water partition coefficient (Wildman–Crippen LogP) is 3.81. The van der Waals surface area contributed by atoms with Gasteiger partial charge in [0, 0.05) is 0 Å². The molecule has 106 valence electrons. The van der Waals surface area contributed by atoms with Crippen molar-refractivity contribution in [1.82, 2.24) is 0 Å². The maximum atomic E-state index is 6.93. The average Bonchev–Trinajstić information content (AvgIpc) is 2.41. The Kier molecular flexibility index (Phi) is 3.71. The fourth-order valence-corrected chi connectivity index (χ4v) is 11.1. The van der Waals surface area contributed by atoms with Crippen LogP contribution in [0.4, 0.5) is 11.4 Å².